The Morgan fingerprint density at radius 2 is 1.84 bits per heavy atom. The zero-order valence-electron chi connectivity index (χ0n) is 11.9. The molecule has 2 nitrogen and oxygen atoms in total. The molecule has 0 fully saturated rings. The molecule has 0 N–H and O–H groups in total. The third-order valence-electron chi connectivity index (χ3n) is 3.42. The van der Waals surface area contributed by atoms with E-state index < -0.39 is 0 Å². The average Bonchev–Trinajstić information content (AvgIpc) is 2.77. The van der Waals surface area contributed by atoms with Gasteiger partial charge >= 0.3 is 0 Å². The van der Waals surface area contributed by atoms with Crippen molar-refractivity contribution in [3.63, 3.8) is 0 Å². The van der Waals surface area contributed by atoms with E-state index in [-0.39, 0.29) is 5.38 Å². The van der Waals surface area contributed by atoms with Gasteiger partial charge in [0.1, 0.15) is 0 Å². The first-order valence-corrected chi connectivity index (χ1v) is 7.37. The maximum absolute atomic E-state index is 6.33. The van der Waals surface area contributed by atoms with E-state index in [0.29, 0.717) is 0 Å². The number of halogens is 1. The predicted octanol–water partition coefficient (Wildman–Crippen LogP) is 4.36. The van der Waals surface area contributed by atoms with Gasteiger partial charge in [0.15, 0.2) is 0 Å². The minimum Gasteiger partial charge on any atom is -0.265 e. The number of alkyl halides is 1. The van der Waals surface area contributed by atoms with Crippen LogP contribution in [0.25, 0.3) is 0 Å². The Labute approximate surface area is 120 Å². The molecule has 1 aromatic heterocycles. The van der Waals surface area contributed by atoms with Crippen LogP contribution < -0.4 is 0 Å². The normalized spacial score (nSPS) is 12.6. The van der Waals surface area contributed by atoms with Gasteiger partial charge in [-0.05, 0) is 25.3 Å². The standard InChI is InChI=1S/C16H21ClN2/c1-4-14-16(12(3)17)15(5-2)19(18-14)11-13-9-7-6-8-10-13/h6-10,12H,4-5,11H2,1-3H3. The van der Waals surface area contributed by atoms with Gasteiger partial charge in [-0.2, -0.15) is 5.10 Å². The summed E-state index contributed by atoms with van der Waals surface area (Å²) in [5.74, 6) is 0. The smallest absolute Gasteiger partial charge is 0.0671 e. The summed E-state index contributed by atoms with van der Waals surface area (Å²) in [4.78, 5) is 0. The molecule has 0 bridgehead atoms. The Kier molecular flexibility index (Phi) is 4.65. The van der Waals surface area contributed by atoms with Gasteiger partial charge in [-0.1, -0.05) is 44.2 Å². The highest BCUT2D eigenvalue weighted by atomic mass is 35.5. The summed E-state index contributed by atoms with van der Waals surface area (Å²) in [6.07, 6.45) is 1.90. The van der Waals surface area contributed by atoms with Crippen LogP contribution in [0.2, 0.25) is 0 Å². The summed E-state index contributed by atoms with van der Waals surface area (Å²) in [6, 6.07) is 10.4. The van der Waals surface area contributed by atoms with Crippen molar-refractivity contribution >= 4 is 11.6 Å². The van der Waals surface area contributed by atoms with E-state index in [2.05, 4.69) is 42.8 Å². The highest BCUT2D eigenvalue weighted by Crippen LogP contribution is 2.28. The van der Waals surface area contributed by atoms with Crippen LogP contribution >= 0.6 is 11.6 Å². The lowest BCUT2D eigenvalue weighted by Gasteiger charge is -2.09. The zero-order chi connectivity index (χ0) is 13.8. The summed E-state index contributed by atoms with van der Waals surface area (Å²) < 4.78 is 2.11. The van der Waals surface area contributed by atoms with Crippen molar-refractivity contribution in [2.24, 2.45) is 0 Å². The zero-order valence-corrected chi connectivity index (χ0v) is 12.6. The van der Waals surface area contributed by atoms with Crippen molar-refractivity contribution in [2.75, 3.05) is 0 Å². The van der Waals surface area contributed by atoms with Crippen LogP contribution in [0.1, 0.15) is 48.7 Å². The summed E-state index contributed by atoms with van der Waals surface area (Å²) in [6.45, 7) is 7.16. The predicted molar refractivity (Wildman–Crippen MR) is 80.8 cm³/mol. The van der Waals surface area contributed by atoms with Gasteiger partial charge in [0, 0.05) is 11.3 Å². The highest BCUT2D eigenvalue weighted by molar-refractivity contribution is 6.20. The first-order chi connectivity index (χ1) is 9.17. The molecule has 1 heterocycles. The summed E-state index contributed by atoms with van der Waals surface area (Å²) in [7, 11) is 0. The Balaban J connectivity index is 2.40. The molecule has 0 aliphatic rings. The van der Waals surface area contributed by atoms with Crippen molar-refractivity contribution in [3.05, 3.63) is 52.8 Å². The molecule has 2 rings (SSSR count). The summed E-state index contributed by atoms with van der Waals surface area (Å²) >= 11 is 6.33. The Bertz CT molecular complexity index is 529. The first kappa shape index (κ1) is 14.1. The van der Waals surface area contributed by atoms with Crippen LogP contribution in [0.5, 0.6) is 0 Å². The number of benzene rings is 1. The monoisotopic (exact) mass is 276 g/mol. The quantitative estimate of drug-likeness (QED) is 0.742. The van der Waals surface area contributed by atoms with Crippen LogP contribution in [-0.2, 0) is 19.4 Å². The van der Waals surface area contributed by atoms with Crippen molar-refractivity contribution in [3.8, 4) is 0 Å². The fourth-order valence-corrected chi connectivity index (χ4v) is 2.80. The average molecular weight is 277 g/mol. The largest absolute Gasteiger partial charge is 0.265 e. The van der Waals surface area contributed by atoms with Gasteiger partial charge in [0.2, 0.25) is 0 Å². The molecule has 1 aromatic carbocycles. The van der Waals surface area contributed by atoms with Crippen molar-refractivity contribution < 1.29 is 0 Å². The highest BCUT2D eigenvalue weighted by Gasteiger charge is 2.19. The minimum absolute atomic E-state index is 0.0226. The van der Waals surface area contributed by atoms with E-state index in [1.807, 2.05) is 13.0 Å². The SMILES string of the molecule is CCc1nn(Cc2ccccc2)c(CC)c1C(C)Cl. The van der Waals surface area contributed by atoms with Gasteiger partial charge in [-0.3, -0.25) is 4.68 Å². The lowest BCUT2D eigenvalue weighted by Crippen LogP contribution is -2.06. The van der Waals surface area contributed by atoms with Crippen molar-refractivity contribution in [1.82, 2.24) is 9.78 Å². The second kappa shape index (κ2) is 6.25. The van der Waals surface area contributed by atoms with Crippen LogP contribution in [0.3, 0.4) is 0 Å². The lowest BCUT2D eigenvalue weighted by molar-refractivity contribution is 0.639. The molecule has 0 saturated carbocycles. The Hall–Kier alpha value is -1.28. The maximum Gasteiger partial charge on any atom is 0.0671 e. The summed E-state index contributed by atoms with van der Waals surface area (Å²) in [5, 5.41) is 4.77. The van der Waals surface area contributed by atoms with Crippen LogP contribution in [0.15, 0.2) is 30.3 Å². The van der Waals surface area contributed by atoms with E-state index in [1.165, 1.54) is 16.8 Å². The van der Waals surface area contributed by atoms with E-state index in [4.69, 9.17) is 16.7 Å². The molecule has 19 heavy (non-hydrogen) atoms. The number of aromatic nitrogens is 2. The number of hydrogen-bond acceptors (Lipinski definition) is 1. The molecule has 1 unspecified atom stereocenters. The molecule has 2 aromatic rings. The van der Waals surface area contributed by atoms with Gasteiger partial charge in [-0.15, -0.1) is 11.6 Å². The topological polar surface area (TPSA) is 17.8 Å². The minimum atomic E-state index is 0.0226. The van der Waals surface area contributed by atoms with E-state index in [9.17, 15) is 0 Å². The van der Waals surface area contributed by atoms with Crippen molar-refractivity contribution in [2.45, 2.75) is 45.5 Å². The molecule has 1 atom stereocenters. The molecule has 102 valence electrons. The number of nitrogens with zero attached hydrogens (tertiary/aromatic N) is 2. The van der Waals surface area contributed by atoms with E-state index in [1.54, 1.807) is 0 Å². The molecule has 0 saturated heterocycles. The molecule has 0 aliphatic heterocycles. The number of hydrogen-bond donors (Lipinski definition) is 0. The van der Waals surface area contributed by atoms with Gasteiger partial charge in [0.25, 0.3) is 0 Å². The Morgan fingerprint density at radius 3 is 2.37 bits per heavy atom. The van der Waals surface area contributed by atoms with Crippen LogP contribution in [-0.4, -0.2) is 9.78 Å². The fraction of sp³-hybridized carbons (Fsp3) is 0.438. The van der Waals surface area contributed by atoms with E-state index >= 15 is 0 Å². The fourth-order valence-electron chi connectivity index (χ4n) is 2.55. The molecular formula is C16H21ClN2. The second-order valence-corrected chi connectivity index (χ2v) is 5.43. The third-order valence-corrected chi connectivity index (χ3v) is 3.64. The molecular weight excluding hydrogens is 256 g/mol. The van der Waals surface area contributed by atoms with Gasteiger partial charge < -0.3 is 0 Å². The van der Waals surface area contributed by atoms with Crippen LogP contribution in [0, 0.1) is 0 Å². The van der Waals surface area contributed by atoms with Gasteiger partial charge in [-0.25, -0.2) is 0 Å². The summed E-state index contributed by atoms with van der Waals surface area (Å²) in [5.41, 5.74) is 4.90. The maximum atomic E-state index is 6.33. The molecule has 0 spiro atoms. The van der Waals surface area contributed by atoms with Crippen LogP contribution in [0.4, 0.5) is 0 Å². The molecule has 0 radical (unpaired) electrons. The second-order valence-electron chi connectivity index (χ2n) is 4.77. The number of aryl methyl sites for hydroxylation is 1. The number of rotatable bonds is 5. The lowest BCUT2D eigenvalue weighted by atomic mass is 10.1. The van der Waals surface area contributed by atoms with Crippen molar-refractivity contribution in [1.29, 1.82) is 0 Å². The van der Waals surface area contributed by atoms with E-state index in [0.717, 1.165) is 25.1 Å². The molecule has 0 aliphatic carbocycles. The first-order valence-electron chi connectivity index (χ1n) is 6.93. The molecule has 0 amide bonds. The van der Waals surface area contributed by atoms with Gasteiger partial charge in [0.05, 0.1) is 17.6 Å². The molecule has 3 heteroatoms. The Morgan fingerprint density at radius 1 is 1.16 bits per heavy atom. The third kappa shape index (κ3) is 3.01.